The Morgan fingerprint density at radius 1 is 1.44 bits per heavy atom. The quantitative estimate of drug-likeness (QED) is 0.379. The number of ether oxygens (including phenoxy) is 2. The lowest BCUT2D eigenvalue weighted by Crippen LogP contribution is -2.20. The molecule has 0 saturated heterocycles. The lowest BCUT2D eigenvalue weighted by molar-refractivity contribution is -0.121. The van der Waals surface area contributed by atoms with E-state index in [4.69, 9.17) is 13.9 Å². The molecule has 0 aliphatic carbocycles. The first-order chi connectivity index (χ1) is 4.35. The SMILES string of the molecule is COC(CO[Si]Br)OC. The second-order valence-corrected chi connectivity index (χ2v) is 2.70. The summed E-state index contributed by atoms with van der Waals surface area (Å²) >= 11 is 3.13. The molecular weight excluding hydrogens is 204 g/mol. The van der Waals surface area contributed by atoms with Crippen LogP contribution in [0.25, 0.3) is 0 Å². The lowest BCUT2D eigenvalue weighted by atomic mass is 10.7. The third kappa shape index (κ3) is 5.04. The highest BCUT2D eigenvalue weighted by Crippen LogP contribution is 1.91. The molecule has 0 unspecified atom stereocenters. The van der Waals surface area contributed by atoms with E-state index >= 15 is 0 Å². The van der Waals surface area contributed by atoms with Gasteiger partial charge in [-0.15, -0.1) is 0 Å². The number of hydrogen-bond donors (Lipinski definition) is 0. The Kier molecular flexibility index (Phi) is 7.12. The summed E-state index contributed by atoms with van der Waals surface area (Å²) in [6.07, 6.45) is -0.241. The topological polar surface area (TPSA) is 27.7 Å². The summed E-state index contributed by atoms with van der Waals surface area (Å²) in [7, 11) is 3.47. The first kappa shape index (κ1) is 9.58. The molecule has 3 nitrogen and oxygen atoms in total. The highest BCUT2D eigenvalue weighted by molar-refractivity contribution is 9.23. The van der Waals surface area contributed by atoms with E-state index in [2.05, 4.69) is 15.3 Å². The molecule has 0 spiro atoms. The van der Waals surface area contributed by atoms with Crippen molar-refractivity contribution in [2.75, 3.05) is 20.8 Å². The molecule has 5 heteroatoms. The van der Waals surface area contributed by atoms with Crippen LogP contribution in [-0.2, 0) is 13.9 Å². The first-order valence-electron chi connectivity index (χ1n) is 2.38. The van der Waals surface area contributed by atoms with Crippen molar-refractivity contribution in [2.45, 2.75) is 6.29 Å². The van der Waals surface area contributed by atoms with Gasteiger partial charge in [-0.2, -0.15) is 0 Å². The Balaban J connectivity index is 3.09. The second-order valence-electron chi connectivity index (χ2n) is 1.29. The van der Waals surface area contributed by atoms with Gasteiger partial charge in [0.25, 0.3) is 0 Å². The molecular formula is C4H9BrO3Si. The van der Waals surface area contributed by atoms with E-state index in [0.29, 0.717) is 15.0 Å². The minimum absolute atomic E-state index is 0.241. The van der Waals surface area contributed by atoms with Gasteiger partial charge < -0.3 is 13.9 Å². The van der Waals surface area contributed by atoms with Gasteiger partial charge in [0.15, 0.2) is 6.29 Å². The van der Waals surface area contributed by atoms with Crippen molar-refractivity contribution < 1.29 is 13.9 Å². The molecule has 0 atom stereocenters. The van der Waals surface area contributed by atoms with Crippen LogP contribution in [-0.4, -0.2) is 35.5 Å². The summed E-state index contributed by atoms with van der Waals surface area (Å²) in [5.74, 6) is 0. The molecule has 0 heterocycles. The Morgan fingerprint density at radius 3 is 2.33 bits per heavy atom. The van der Waals surface area contributed by atoms with Gasteiger partial charge in [-0.1, -0.05) is 15.3 Å². The maximum Gasteiger partial charge on any atom is 0.322 e. The lowest BCUT2D eigenvalue weighted by Gasteiger charge is -2.11. The van der Waals surface area contributed by atoms with Gasteiger partial charge in [-0.3, -0.25) is 0 Å². The fraction of sp³-hybridized carbons (Fsp3) is 1.00. The molecule has 0 saturated carbocycles. The van der Waals surface area contributed by atoms with Gasteiger partial charge in [0, 0.05) is 14.2 Å². The minimum Gasteiger partial charge on any atom is -0.401 e. The number of methoxy groups -OCH3 is 2. The molecule has 0 aromatic heterocycles. The van der Waals surface area contributed by atoms with E-state index in [1.807, 2.05) is 0 Å². The molecule has 0 aromatic carbocycles. The zero-order chi connectivity index (χ0) is 7.11. The number of halogens is 1. The van der Waals surface area contributed by atoms with Crippen molar-refractivity contribution in [3.8, 4) is 0 Å². The molecule has 0 aliphatic heterocycles. The van der Waals surface area contributed by atoms with Crippen LogP contribution in [0.15, 0.2) is 0 Å². The smallest absolute Gasteiger partial charge is 0.322 e. The van der Waals surface area contributed by atoms with E-state index in [-0.39, 0.29) is 6.29 Å². The molecule has 0 N–H and O–H groups in total. The zero-order valence-electron chi connectivity index (χ0n) is 5.39. The summed E-state index contributed by atoms with van der Waals surface area (Å²) in [4.78, 5) is 0. The largest absolute Gasteiger partial charge is 0.401 e. The fourth-order valence-corrected chi connectivity index (χ4v) is 0.927. The van der Waals surface area contributed by atoms with E-state index in [1.54, 1.807) is 14.2 Å². The third-order valence-corrected chi connectivity index (χ3v) is 1.76. The van der Waals surface area contributed by atoms with Crippen LogP contribution in [0, 0.1) is 0 Å². The minimum atomic E-state index is -0.241. The molecule has 54 valence electrons. The Hall–Kier alpha value is 0.577. The summed E-state index contributed by atoms with van der Waals surface area (Å²) in [6.45, 7) is 0.469. The summed E-state index contributed by atoms with van der Waals surface area (Å²) in [5, 5.41) is 0. The Labute approximate surface area is 65.2 Å². The average molecular weight is 213 g/mol. The van der Waals surface area contributed by atoms with Gasteiger partial charge in [0.1, 0.15) is 0 Å². The van der Waals surface area contributed by atoms with E-state index in [1.165, 1.54) is 0 Å². The van der Waals surface area contributed by atoms with Crippen molar-refractivity contribution in [2.24, 2.45) is 0 Å². The van der Waals surface area contributed by atoms with E-state index in [9.17, 15) is 0 Å². The number of rotatable bonds is 5. The molecule has 0 fully saturated rings. The summed E-state index contributed by atoms with van der Waals surface area (Å²) < 4.78 is 14.6. The average Bonchev–Trinajstić information content (AvgIpc) is 1.91. The molecule has 0 aliphatic rings. The predicted octanol–water partition coefficient (Wildman–Crippen LogP) is 0.551. The van der Waals surface area contributed by atoms with Crippen molar-refractivity contribution in [3.05, 3.63) is 0 Å². The van der Waals surface area contributed by atoms with Gasteiger partial charge in [0.2, 0.25) is 0 Å². The van der Waals surface area contributed by atoms with Gasteiger partial charge in [-0.25, -0.2) is 0 Å². The van der Waals surface area contributed by atoms with E-state index < -0.39 is 0 Å². The molecule has 0 amide bonds. The van der Waals surface area contributed by atoms with Crippen LogP contribution in [0.4, 0.5) is 0 Å². The van der Waals surface area contributed by atoms with Crippen LogP contribution in [0.2, 0.25) is 0 Å². The van der Waals surface area contributed by atoms with Crippen LogP contribution in [0.1, 0.15) is 0 Å². The predicted molar refractivity (Wildman–Crippen MR) is 38.4 cm³/mol. The summed E-state index contributed by atoms with van der Waals surface area (Å²) in [5.41, 5.74) is 0. The first-order valence-corrected chi connectivity index (χ1v) is 5.54. The monoisotopic (exact) mass is 212 g/mol. The molecule has 0 rings (SSSR count). The maximum atomic E-state index is 4.97. The Morgan fingerprint density at radius 2 is 2.00 bits per heavy atom. The van der Waals surface area contributed by atoms with Gasteiger partial charge in [-0.05, 0) is 0 Å². The molecule has 0 bridgehead atoms. The van der Waals surface area contributed by atoms with Crippen LogP contribution < -0.4 is 0 Å². The Bertz CT molecular complexity index is 59.8. The standard InChI is InChI=1S/C4H9BrO3Si/c1-6-4(7-2)3-8-9-5/h4H,3H2,1-2H3. The normalized spacial score (nSPS) is 10.7. The van der Waals surface area contributed by atoms with Gasteiger partial charge >= 0.3 is 8.38 Å². The van der Waals surface area contributed by atoms with Crippen molar-refractivity contribution in [1.29, 1.82) is 0 Å². The molecule has 0 aromatic rings. The zero-order valence-corrected chi connectivity index (χ0v) is 7.97. The highest BCUT2D eigenvalue weighted by atomic mass is 79.9. The summed E-state index contributed by atoms with van der Waals surface area (Å²) in [6, 6.07) is 0. The van der Waals surface area contributed by atoms with Gasteiger partial charge in [0.05, 0.1) is 6.61 Å². The van der Waals surface area contributed by atoms with Crippen LogP contribution in [0.3, 0.4) is 0 Å². The molecule has 9 heavy (non-hydrogen) atoms. The highest BCUT2D eigenvalue weighted by Gasteiger charge is 2.02. The number of hydrogen-bond acceptors (Lipinski definition) is 3. The maximum absolute atomic E-state index is 4.97. The van der Waals surface area contributed by atoms with Crippen LogP contribution in [0.5, 0.6) is 0 Å². The third-order valence-electron chi connectivity index (χ3n) is 0.800. The van der Waals surface area contributed by atoms with Crippen molar-refractivity contribution >= 4 is 23.7 Å². The fourth-order valence-electron chi connectivity index (χ4n) is 0.332. The second kappa shape index (κ2) is 6.69. The molecule has 2 radical (unpaired) electrons. The van der Waals surface area contributed by atoms with E-state index in [0.717, 1.165) is 0 Å². The van der Waals surface area contributed by atoms with Crippen molar-refractivity contribution in [3.63, 3.8) is 0 Å². The van der Waals surface area contributed by atoms with Crippen molar-refractivity contribution in [1.82, 2.24) is 0 Å². The van der Waals surface area contributed by atoms with Crippen LogP contribution >= 0.6 is 15.3 Å².